The number of nitrogens with one attached hydrogen (secondary N) is 1. The molecule has 0 bridgehead atoms. The molecule has 1 atom stereocenters. The van der Waals surface area contributed by atoms with Gasteiger partial charge >= 0.3 is 0 Å². The average Bonchev–Trinajstić information content (AvgIpc) is 2.63. The number of rotatable bonds is 7. The first-order valence-electron chi connectivity index (χ1n) is 5.47. The van der Waals surface area contributed by atoms with Gasteiger partial charge in [0, 0.05) is 23.7 Å². The van der Waals surface area contributed by atoms with Crippen LogP contribution in [0.2, 0.25) is 0 Å². The van der Waals surface area contributed by atoms with Crippen LogP contribution in [0.3, 0.4) is 0 Å². The van der Waals surface area contributed by atoms with Gasteiger partial charge in [0.05, 0.1) is 18.2 Å². The van der Waals surface area contributed by atoms with E-state index in [4.69, 9.17) is 4.74 Å². The number of thiazole rings is 1. The van der Waals surface area contributed by atoms with E-state index in [1.165, 1.54) is 4.88 Å². The van der Waals surface area contributed by atoms with E-state index in [1.807, 2.05) is 20.0 Å². The second kappa shape index (κ2) is 6.78. The van der Waals surface area contributed by atoms with E-state index < -0.39 is 0 Å². The molecule has 90 valence electrons. The zero-order valence-electron chi connectivity index (χ0n) is 10.2. The van der Waals surface area contributed by atoms with Crippen LogP contribution in [-0.4, -0.2) is 24.7 Å². The summed E-state index contributed by atoms with van der Waals surface area (Å²) in [5.41, 5.74) is 1.06. The maximum atomic E-state index is 5.41. The predicted octanol–water partition coefficient (Wildman–Crippen LogP) is 2.69. The fraction of sp³-hybridized carbons (Fsp3) is 0.583. The highest BCUT2D eigenvalue weighted by atomic mass is 32.1. The van der Waals surface area contributed by atoms with E-state index >= 15 is 0 Å². The fourth-order valence-electron chi connectivity index (χ4n) is 1.27. The van der Waals surface area contributed by atoms with Gasteiger partial charge in [-0.05, 0) is 20.8 Å². The van der Waals surface area contributed by atoms with Gasteiger partial charge < -0.3 is 10.1 Å². The Morgan fingerprint density at radius 2 is 2.44 bits per heavy atom. The molecule has 1 N–H and O–H groups in total. The quantitative estimate of drug-likeness (QED) is 0.588. The van der Waals surface area contributed by atoms with Gasteiger partial charge in [-0.25, -0.2) is 4.98 Å². The second-order valence-electron chi connectivity index (χ2n) is 3.97. The van der Waals surface area contributed by atoms with Crippen molar-refractivity contribution in [2.75, 3.05) is 19.8 Å². The van der Waals surface area contributed by atoms with Crippen LogP contribution in [0.5, 0.6) is 0 Å². The van der Waals surface area contributed by atoms with Crippen LogP contribution < -0.4 is 5.32 Å². The Morgan fingerprint density at radius 1 is 1.69 bits per heavy atom. The van der Waals surface area contributed by atoms with Crippen molar-refractivity contribution >= 4 is 11.3 Å². The molecule has 3 nitrogen and oxygen atoms in total. The minimum Gasteiger partial charge on any atom is -0.376 e. The molecular formula is C12H20N2OS. The summed E-state index contributed by atoms with van der Waals surface area (Å²) in [5, 5.41) is 4.51. The van der Waals surface area contributed by atoms with E-state index in [0.717, 1.165) is 23.7 Å². The first kappa shape index (κ1) is 13.4. The number of hydrogen-bond acceptors (Lipinski definition) is 4. The number of aromatic nitrogens is 1. The Labute approximate surface area is 102 Å². The Bertz CT molecular complexity index is 336. The number of aryl methyl sites for hydroxylation is 1. The molecule has 0 fully saturated rings. The summed E-state index contributed by atoms with van der Waals surface area (Å²) in [6, 6.07) is 0.347. The molecule has 0 aromatic carbocycles. The van der Waals surface area contributed by atoms with Crippen molar-refractivity contribution in [3.63, 3.8) is 0 Å². The standard InChI is InChI=1S/C12H20N2OS/c1-9(2)8-15-6-5-13-10(3)12-7-14-11(4)16-12/h7,10,13H,1,5-6,8H2,2-4H3. The predicted molar refractivity (Wildman–Crippen MR) is 68.9 cm³/mol. The maximum absolute atomic E-state index is 5.41. The molecule has 0 saturated heterocycles. The molecule has 1 unspecified atom stereocenters. The molecule has 1 aromatic rings. The third kappa shape index (κ3) is 4.88. The summed E-state index contributed by atoms with van der Waals surface area (Å²) in [6.45, 7) is 12.1. The Morgan fingerprint density at radius 3 is 3.00 bits per heavy atom. The van der Waals surface area contributed by atoms with Gasteiger partial charge in [0.25, 0.3) is 0 Å². The van der Waals surface area contributed by atoms with E-state index in [0.29, 0.717) is 12.6 Å². The van der Waals surface area contributed by atoms with Crippen molar-refractivity contribution in [3.05, 3.63) is 28.2 Å². The molecule has 1 aromatic heterocycles. The van der Waals surface area contributed by atoms with Crippen molar-refractivity contribution in [1.82, 2.24) is 10.3 Å². The molecule has 0 spiro atoms. The highest BCUT2D eigenvalue weighted by molar-refractivity contribution is 7.11. The molecule has 1 heterocycles. The Kier molecular flexibility index (Phi) is 5.66. The van der Waals surface area contributed by atoms with Gasteiger partial charge in [-0.2, -0.15) is 0 Å². The van der Waals surface area contributed by atoms with Gasteiger partial charge in [0.15, 0.2) is 0 Å². The average molecular weight is 240 g/mol. The first-order valence-corrected chi connectivity index (χ1v) is 6.29. The van der Waals surface area contributed by atoms with E-state index in [9.17, 15) is 0 Å². The van der Waals surface area contributed by atoms with Crippen molar-refractivity contribution in [1.29, 1.82) is 0 Å². The van der Waals surface area contributed by atoms with Crippen LogP contribution in [0.15, 0.2) is 18.3 Å². The molecule has 0 saturated carbocycles. The Hall–Kier alpha value is -0.710. The lowest BCUT2D eigenvalue weighted by Crippen LogP contribution is -2.22. The maximum Gasteiger partial charge on any atom is 0.0897 e. The summed E-state index contributed by atoms with van der Waals surface area (Å²) < 4.78 is 5.41. The van der Waals surface area contributed by atoms with Crippen LogP contribution >= 0.6 is 11.3 Å². The summed E-state index contributed by atoms with van der Waals surface area (Å²) in [7, 11) is 0. The molecule has 0 radical (unpaired) electrons. The molecule has 1 rings (SSSR count). The van der Waals surface area contributed by atoms with Crippen LogP contribution in [0.25, 0.3) is 0 Å². The third-order valence-electron chi connectivity index (χ3n) is 2.11. The molecule has 0 amide bonds. The Balaban J connectivity index is 2.15. The van der Waals surface area contributed by atoms with Gasteiger partial charge in [-0.1, -0.05) is 12.2 Å². The van der Waals surface area contributed by atoms with Crippen molar-refractivity contribution in [2.45, 2.75) is 26.8 Å². The van der Waals surface area contributed by atoms with Crippen molar-refractivity contribution in [2.24, 2.45) is 0 Å². The molecular weight excluding hydrogens is 220 g/mol. The summed E-state index contributed by atoms with van der Waals surface area (Å²) in [4.78, 5) is 5.52. The molecule has 0 aliphatic heterocycles. The summed E-state index contributed by atoms with van der Waals surface area (Å²) in [6.07, 6.45) is 1.94. The SMILES string of the molecule is C=C(C)COCCNC(C)c1cnc(C)s1. The minimum absolute atomic E-state index is 0.347. The third-order valence-corrected chi connectivity index (χ3v) is 3.21. The fourth-order valence-corrected chi connectivity index (χ4v) is 2.08. The van der Waals surface area contributed by atoms with Gasteiger partial charge in [0.2, 0.25) is 0 Å². The smallest absolute Gasteiger partial charge is 0.0897 e. The molecule has 16 heavy (non-hydrogen) atoms. The zero-order chi connectivity index (χ0) is 12.0. The topological polar surface area (TPSA) is 34.1 Å². The number of ether oxygens (including phenoxy) is 1. The van der Waals surface area contributed by atoms with Crippen LogP contribution in [0.1, 0.15) is 29.8 Å². The minimum atomic E-state index is 0.347. The van der Waals surface area contributed by atoms with E-state index in [-0.39, 0.29) is 0 Å². The van der Waals surface area contributed by atoms with Gasteiger partial charge in [0.1, 0.15) is 0 Å². The highest BCUT2D eigenvalue weighted by Crippen LogP contribution is 2.19. The van der Waals surface area contributed by atoms with Crippen LogP contribution in [0, 0.1) is 6.92 Å². The highest BCUT2D eigenvalue weighted by Gasteiger charge is 2.06. The van der Waals surface area contributed by atoms with Crippen LogP contribution in [0.4, 0.5) is 0 Å². The lowest BCUT2D eigenvalue weighted by atomic mass is 10.3. The molecule has 4 heteroatoms. The monoisotopic (exact) mass is 240 g/mol. The summed E-state index contributed by atoms with van der Waals surface area (Å²) >= 11 is 1.74. The van der Waals surface area contributed by atoms with Crippen LogP contribution in [-0.2, 0) is 4.74 Å². The summed E-state index contributed by atoms with van der Waals surface area (Å²) in [5.74, 6) is 0. The van der Waals surface area contributed by atoms with E-state index in [1.54, 1.807) is 11.3 Å². The van der Waals surface area contributed by atoms with E-state index in [2.05, 4.69) is 23.8 Å². The van der Waals surface area contributed by atoms with Crippen molar-refractivity contribution in [3.8, 4) is 0 Å². The number of hydrogen-bond donors (Lipinski definition) is 1. The lowest BCUT2D eigenvalue weighted by molar-refractivity contribution is 0.156. The molecule has 0 aliphatic carbocycles. The largest absolute Gasteiger partial charge is 0.376 e. The van der Waals surface area contributed by atoms with Gasteiger partial charge in [-0.15, -0.1) is 11.3 Å². The first-order chi connectivity index (χ1) is 7.59. The van der Waals surface area contributed by atoms with Crippen molar-refractivity contribution < 1.29 is 4.74 Å². The molecule has 0 aliphatic rings. The normalized spacial score (nSPS) is 12.7. The second-order valence-corrected chi connectivity index (χ2v) is 5.23. The van der Waals surface area contributed by atoms with Gasteiger partial charge in [-0.3, -0.25) is 0 Å². The lowest BCUT2D eigenvalue weighted by Gasteiger charge is -2.11. The number of nitrogens with zero attached hydrogens (tertiary/aromatic N) is 1. The zero-order valence-corrected chi connectivity index (χ0v) is 11.1.